The van der Waals surface area contributed by atoms with Gasteiger partial charge in [0.25, 0.3) is 10.0 Å². The number of nitrogens with one attached hydrogen (secondary N) is 1. The van der Waals surface area contributed by atoms with Crippen molar-refractivity contribution >= 4 is 33.4 Å². The highest BCUT2D eigenvalue weighted by Crippen LogP contribution is 2.29. The molecule has 3 aromatic carbocycles. The van der Waals surface area contributed by atoms with Crippen molar-refractivity contribution in [2.45, 2.75) is 64.0 Å². The number of rotatable bonds is 9. The molecule has 0 atom stereocenters. The van der Waals surface area contributed by atoms with Gasteiger partial charge in [0, 0.05) is 23.2 Å². The zero-order valence-electron chi connectivity index (χ0n) is 24.2. The molecular weight excluding hydrogens is 597 g/mol. The second kappa shape index (κ2) is 12.6. The first-order valence-corrected chi connectivity index (χ1v) is 15.4. The third-order valence-electron chi connectivity index (χ3n) is 6.38. The van der Waals surface area contributed by atoms with E-state index in [0.717, 1.165) is 17.5 Å². The van der Waals surface area contributed by atoms with Crippen LogP contribution in [0.25, 0.3) is 16.8 Å². The number of carbonyl (C=O) groups excluding carboxylic acids is 1. The summed E-state index contributed by atoms with van der Waals surface area (Å²) in [4.78, 5) is 25.4. The van der Waals surface area contributed by atoms with Crippen molar-refractivity contribution < 1.29 is 22.3 Å². The number of nitrogens with two attached hydrogens (primary N) is 1. The zero-order chi connectivity index (χ0) is 31.5. The third kappa shape index (κ3) is 7.44. The van der Waals surface area contributed by atoms with Crippen LogP contribution in [-0.2, 0) is 27.7 Å². The summed E-state index contributed by atoms with van der Waals surface area (Å²) in [7, 11) is -4.36. The van der Waals surface area contributed by atoms with Gasteiger partial charge >= 0.3 is 11.8 Å². The molecule has 1 aromatic heterocycles. The Morgan fingerprint density at radius 2 is 1.84 bits per heavy atom. The molecule has 0 unspecified atom stereocenters. The van der Waals surface area contributed by atoms with Crippen LogP contribution >= 0.6 is 11.6 Å². The molecule has 0 spiro atoms. The number of ether oxygens (including phenoxy) is 1. The fourth-order valence-electron chi connectivity index (χ4n) is 4.38. The van der Waals surface area contributed by atoms with Crippen LogP contribution in [0.15, 0.2) is 70.4 Å². The highest BCUT2D eigenvalue weighted by atomic mass is 35.5. The zero-order valence-corrected chi connectivity index (χ0v) is 25.8. The van der Waals surface area contributed by atoms with Gasteiger partial charge in [-0.1, -0.05) is 55.3 Å². The van der Waals surface area contributed by atoms with Crippen LogP contribution in [0.3, 0.4) is 0 Å². The summed E-state index contributed by atoms with van der Waals surface area (Å²) in [5.74, 6) is -0.202. The Hall–Kier alpha value is -4.16. The minimum absolute atomic E-state index is 0.121. The fraction of sp³-hybridized carbons (Fsp3) is 0.300. The molecule has 43 heavy (non-hydrogen) atoms. The average molecular weight is 630 g/mol. The van der Waals surface area contributed by atoms with Gasteiger partial charge in [0.05, 0.1) is 22.2 Å². The number of aromatic nitrogens is 3. The largest absolute Gasteiger partial charge is 0.443 e. The second-order valence-electron chi connectivity index (χ2n) is 10.9. The maximum atomic E-state index is 15.6. The van der Waals surface area contributed by atoms with Crippen molar-refractivity contribution in [3.63, 3.8) is 0 Å². The summed E-state index contributed by atoms with van der Waals surface area (Å²) in [5, 5.41) is 4.77. The monoisotopic (exact) mass is 629 g/mol. The SMILES string of the molecule is CCCCc1nn(-c2cc(N)ccc2Cl)c(=O)n1Cc1ccc(-c2ccccc2S(=O)(=O)NC(=O)OC(C)(C)C)cc1F. The molecule has 0 saturated heterocycles. The van der Waals surface area contributed by atoms with Gasteiger partial charge in [0.15, 0.2) is 0 Å². The van der Waals surface area contributed by atoms with Gasteiger partial charge < -0.3 is 10.5 Å². The number of anilines is 1. The van der Waals surface area contributed by atoms with E-state index in [1.165, 1.54) is 34.9 Å². The van der Waals surface area contributed by atoms with Crippen LogP contribution in [0.5, 0.6) is 0 Å². The predicted molar refractivity (Wildman–Crippen MR) is 163 cm³/mol. The molecule has 0 bridgehead atoms. The molecule has 1 amide bonds. The quantitative estimate of drug-likeness (QED) is 0.227. The number of hydrogen-bond acceptors (Lipinski definition) is 7. The molecule has 1 heterocycles. The minimum Gasteiger partial charge on any atom is -0.443 e. The Labute approximate surface area is 254 Å². The number of unbranched alkanes of at least 4 members (excludes halogenated alkanes) is 1. The number of halogens is 2. The molecule has 0 aliphatic rings. The topological polar surface area (TPSA) is 138 Å². The Balaban J connectivity index is 1.69. The lowest BCUT2D eigenvalue weighted by atomic mass is 10.0. The predicted octanol–water partition coefficient (Wildman–Crippen LogP) is 5.68. The van der Waals surface area contributed by atoms with E-state index in [9.17, 15) is 18.0 Å². The Morgan fingerprint density at radius 3 is 2.51 bits per heavy atom. The summed E-state index contributed by atoms with van der Waals surface area (Å²) in [6.45, 7) is 6.71. The van der Waals surface area contributed by atoms with Gasteiger partial charge in [-0.2, -0.15) is 4.68 Å². The van der Waals surface area contributed by atoms with Crippen LogP contribution in [0.1, 0.15) is 51.9 Å². The van der Waals surface area contributed by atoms with Gasteiger partial charge in [-0.15, -0.1) is 5.10 Å². The number of sulfonamides is 1. The van der Waals surface area contributed by atoms with Crippen LogP contribution in [-0.4, -0.2) is 34.5 Å². The van der Waals surface area contributed by atoms with E-state index in [1.807, 2.05) is 11.6 Å². The smallest absolute Gasteiger partial charge is 0.421 e. The highest BCUT2D eigenvalue weighted by Gasteiger charge is 2.26. The summed E-state index contributed by atoms with van der Waals surface area (Å²) < 4.78 is 51.3. The molecular formula is C30H33ClFN5O5S. The molecule has 3 N–H and O–H groups in total. The van der Waals surface area contributed by atoms with Gasteiger partial charge in [-0.3, -0.25) is 4.57 Å². The maximum absolute atomic E-state index is 15.6. The molecule has 13 heteroatoms. The molecule has 0 aliphatic heterocycles. The lowest BCUT2D eigenvalue weighted by molar-refractivity contribution is 0.0570. The van der Waals surface area contributed by atoms with Gasteiger partial charge in [-0.05, 0) is 63.1 Å². The number of amides is 1. The van der Waals surface area contributed by atoms with E-state index in [2.05, 4.69) is 5.10 Å². The summed E-state index contributed by atoms with van der Waals surface area (Å²) >= 11 is 6.33. The fourth-order valence-corrected chi connectivity index (χ4v) is 5.68. The van der Waals surface area contributed by atoms with E-state index in [0.29, 0.717) is 23.6 Å². The maximum Gasteiger partial charge on any atom is 0.421 e. The van der Waals surface area contributed by atoms with Gasteiger partial charge in [0.1, 0.15) is 17.2 Å². The normalized spacial score (nSPS) is 11.9. The van der Waals surface area contributed by atoms with Crippen LogP contribution < -0.4 is 16.1 Å². The second-order valence-corrected chi connectivity index (χ2v) is 13.0. The summed E-state index contributed by atoms with van der Waals surface area (Å²) in [6, 6.07) is 14.9. The molecule has 4 rings (SSSR count). The molecule has 0 saturated carbocycles. The minimum atomic E-state index is -4.36. The van der Waals surface area contributed by atoms with Crippen molar-refractivity contribution in [3.8, 4) is 16.8 Å². The molecule has 0 radical (unpaired) electrons. The van der Waals surface area contributed by atoms with Crippen LogP contribution in [0.2, 0.25) is 5.02 Å². The lowest BCUT2D eigenvalue weighted by Crippen LogP contribution is -2.36. The van der Waals surface area contributed by atoms with Crippen molar-refractivity contribution in [1.82, 2.24) is 19.1 Å². The number of carbonyl (C=O) groups is 1. The molecule has 10 nitrogen and oxygen atoms in total. The first kappa shape index (κ1) is 31.8. The van der Waals surface area contributed by atoms with E-state index in [-0.39, 0.29) is 33.2 Å². The average Bonchev–Trinajstić information content (AvgIpc) is 3.23. The van der Waals surface area contributed by atoms with Crippen molar-refractivity contribution in [2.75, 3.05) is 5.73 Å². The molecule has 0 aliphatic carbocycles. The number of hydrogen-bond donors (Lipinski definition) is 2. The van der Waals surface area contributed by atoms with E-state index in [1.54, 1.807) is 51.1 Å². The van der Waals surface area contributed by atoms with Crippen LogP contribution in [0, 0.1) is 5.82 Å². The van der Waals surface area contributed by atoms with Crippen LogP contribution in [0.4, 0.5) is 14.9 Å². The van der Waals surface area contributed by atoms with E-state index in [4.69, 9.17) is 22.1 Å². The Kier molecular flexibility index (Phi) is 9.31. The number of nitrogens with zero attached hydrogens (tertiary/aromatic N) is 3. The van der Waals surface area contributed by atoms with Crippen molar-refractivity contribution in [1.29, 1.82) is 0 Å². The van der Waals surface area contributed by atoms with Gasteiger partial charge in [0.2, 0.25) is 0 Å². The van der Waals surface area contributed by atoms with Crippen molar-refractivity contribution in [2.24, 2.45) is 0 Å². The third-order valence-corrected chi connectivity index (χ3v) is 8.07. The number of aryl methyl sites for hydroxylation is 1. The molecule has 228 valence electrons. The molecule has 4 aromatic rings. The first-order valence-electron chi connectivity index (χ1n) is 13.6. The Bertz CT molecular complexity index is 1830. The lowest BCUT2D eigenvalue weighted by Gasteiger charge is -2.20. The summed E-state index contributed by atoms with van der Waals surface area (Å²) in [5.41, 5.74) is 5.83. The van der Waals surface area contributed by atoms with Crippen molar-refractivity contribution in [3.05, 3.63) is 93.4 Å². The molecule has 0 fully saturated rings. The van der Waals surface area contributed by atoms with Gasteiger partial charge in [-0.25, -0.2) is 27.1 Å². The Morgan fingerprint density at radius 1 is 1.12 bits per heavy atom. The number of benzene rings is 3. The van der Waals surface area contributed by atoms with E-state index >= 15 is 4.39 Å². The first-order chi connectivity index (χ1) is 20.2. The number of nitrogen functional groups attached to an aromatic ring is 1. The summed E-state index contributed by atoms with van der Waals surface area (Å²) in [6.07, 6.45) is 0.960. The standard InChI is InChI=1S/C30H33ClFN5O5S/c1-5-6-11-27-34-37(25-17-21(33)14-15-23(25)31)29(39)36(27)18-20-13-12-19(16-24(20)32)22-9-7-8-10-26(22)43(40,41)35-28(38)42-30(2,3)4/h7-10,12-17H,5-6,11,18,33H2,1-4H3,(H,35,38). The van der Waals surface area contributed by atoms with E-state index < -0.39 is 33.2 Å². The highest BCUT2D eigenvalue weighted by molar-refractivity contribution is 7.90.